The molecule has 3 nitrogen and oxygen atoms in total. The van der Waals surface area contributed by atoms with E-state index in [1.807, 2.05) is 30.3 Å². The van der Waals surface area contributed by atoms with Gasteiger partial charge in [-0.25, -0.2) is 0 Å². The molecule has 102 valence electrons. The second kappa shape index (κ2) is 5.52. The Morgan fingerprint density at radius 1 is 1.20 bits per heavy atom. The van der Waals surface area contributed by atoms with E-state index in [2.05, 4.69) is 29.4 Å². The Labute approximate surface area is 119 Å². The highest BCUT2D eigenvalue weighted by atomic mass is 15.2. The van der Waals surface area contributed by atoms with Gasteiger partial charge in [0.2, 0.25) is 0 Å². The molecule has 0 bridgehead atoms. The number of hydrogen-bond acceptors (Lipinski definition) is 3. The van der Waals surface area contributed by atoms with Crippen molar-refractivity contribution < 1.29 is 0 Å². The summed E-state index contributed by atoms with van der Waals surface area (Å²) in [4.78, 5) is 2.42. The monoisotopic (exact) mass is 265 g/mol. The summed E-state index contributed by atoms with van der Waals surface area (Å²) in [7, 11) is 2.19. The molecule has 3 heteroatoms. The van der Waals surface area contributed by atoms with E-state index in [1.165, 1.54) is 12.8 Å². The lowest BCUT2D eigenvalue weighted by atomic mass is 10.0. The minimum Gasteiger partial charge on any atom is -0.383 e. The molecule has 1 fully saturated rings. The van der Waals surface area contributed by atoms with Crippen LogP contribution in [0, 0.1) is 11.3 Å². The minimum atomic E-state index is 0.737. The van der Waals surface area contributed by atoms with Gasteiger partial charge >= 0.3 is 0 Å². The van der Waals surface area contributed by atoms with Crippen LogP contribution in [0.2, 0.25) is 0 Å². The Morgan fingerprint density at radius 3 is 2.65 bits per heavy atom. The van der Waals surface area contributed by atoms with Gasteiger partial charge in [-0.05, 0) is 32.0 Å². The summed E-state index contributed by atoms with van der Waals surface area (Å²) < 4.78 is 0. The molecule has 20 heavy (non-hydrogen) atoms. The van der Waals surface area contributed by atoms with Gasteiger partial charge in [0, 0.05) is 35.6 Å². The molecule has 0 atom stereocenters. The molecule has 3 rings (SSSR count). The molecule has 0 spiro atoms. The summed E-state index contributed by atoms with van der Waals surface area (Å²) in [6.45, 7) is 1.99. The number of anilines is 1. The maximum absolute atomic E-state index is 9.17. The number of likely N-dealkylation sites (N-methyl/N-ethyl adjacent to an activating group) is 1. The zero-order chi connectivity index (χ0) is 13.9. The van der Waals surface area contributed by atoms with Gasteiger partial charge in [0.05, 0.1) is 11.6 Å². The van der Waals surface area contributed by atoms with Crippen LogP contribution < -0.4 is 5.32 Å². The molecule has 1 N–H and O–H groups in total. The Morgan fingerprint density at radius 2 is 1.95 bits per heavy atom. The SMILES string of the molecule is CN(CCNc1ccc(C#N)c2ccccc12)C1CC1. The van der Waals surface area contributed by atoms with E-state index in [0.717, 1.165) is 41.2 Å². The zero-order valence-electron chi connectivity index (χ0n) is 11.8. The Balaban J connectivity index is 1.76. The fourth-order valence-electron chi connectivity index (χ4n) is 2.62. The predicted octanol–water partition coefficient (Wildman–Crippen LogP) is 3.22. The fourth-order valence-corrected chi connectivity index (χ4v) is 2.62. The molecule has 0 unspecified atom stereocenters. The van der Waals surface area contributed by atoms with Crippen LogP contribution >= 0.6 is 0 Å². The molecule has 0 aliphatic heterocycles. The van der Waals surface area contributed by atoms with Crippen LogP contribution in [0.3, 0.4) is 0 Å². The van der Waals surface area contributed by atoms with Crippen molar-refractivity contribution in [2.24, 2.45) is 0 Å². The van der Waals surface area contributed by atoms with Crippen LogP contribution in [0.5, 0.6) is 0 Å². The van der Waals surface area contributed by atoms with Crippen molar-refractivity contribution in [1.29, 1.82) is 5.26 Å². The maximum atomic E-state index is 9.17. The van der Waals surface area contributed by atoms with E-state index in [1.54, 1.807) is 0 Å². The van der Waals surface area contributed by atoms with E-state index in [-0.39, 0.29) is 0 Å². The molecule has 2 aromatic carbocycles. The van der Waals surface area contributed by atoms with Crippen LogP contribution in [0.4, 0.5) is 5.69 Å². The van der Waals surface area contributed by atoms with Crippen molar-refractivity contribution >= 4 is 16.5 Å². The molecule has 0 saturated heterocycles. The minimum absolute atomic E-state index is 0.737. The quantitative estimate of drug-likeness (QED) is 0.902. The summed E-state index contributed by atoms with van der Waals surface area (Å²) in [6, 6.07) is 15.0. The molecule has 0 heterocycles. The number of nitrogens with zero attached hydrogens (tertiary/aromatic N) is 2. The first-order valence-electron chi connectivity index (χ1n) is 7.15. The topological polar surface area (TPSA) is 39.1 Å². The molecular weight excluding hydrogens is 246 g/mol. The third-order valence-corrected chi connectivity index (χ3v) is 3.99. The molecule has 2 aromatic rings. The molecule has 1 aliphatic rings. The zero-order valence-corrected chi connectivity index (χ0v) is 11.8. The fraction of sp³-hybridized carbons (Fsp3) is 0.353. The van der Waals surface area contributed by atoms with E-state index >= 15 is 0 Å². The first-order valence-corrected chi connectivity index (χ1v) is 7.15. The number of benzene rings is 2. The van der Waals surface area contributed by atoms with Crippen molar-refractivity contribution in [2.75, 3.05) is 25.5 Å². The van der Waals surface area contributed by atoms with Gasteiger partial charge in [-0.15, -0.1) is 0 Å². The summed E-state index contributed by atoms with van der Waals surface area (Å²) >= 11 is 0. The lowest BCUT2D eigenvalue weighted by molar-refractivity contribution is 0.337. The smallest absolute Gasteiger partial charge is 0.0998 e. The van der Waals surface area contributed by atoms with Gasteiger partial charge in [0.25, 0.3) is 0 Å². The standard InChI is InChI=1S/C17H19N3/c1-20(14-7-8-14)11-10-19-17-9-6-13(12-18)15-4-2-3-5-16(15)17/h2-6,9,14,19H,7-8,10-11H2,1H3. The Bertz CT molecular complexity index is 653. The molecule has 0 aromatic heterocycles. The second-order valence-corrected chi connectivity index (χ2v) is 5.46. The van der Waals surface area contributed by atoms with Crippen LogP contribution in [-0.2, 0) is 0 Å². The van der Waals surface area contributed by atoms with Crippen LogP contribution in [-0.4, -0.2) is 31.1 Å². The highest BCUT2D eigenvalue weighted by Crippen LogP contribution is 2.27. The van der Waals surface area contributed by atoms with Crippen molar-refractivity contribution in [3.05, 3.63) is 42.0 Å². The third kappa shape index (κ3) is 2.61. The number of nitriles is 1. The highest BCUT2D eigenvalue weighted by molar-refractivity contribution is 5.97. The molecule has 1 aliphatic carbocycles. The molecular formula is C17H19N3. The van der Waals surface area contributed by atoms with E-state index in [0.29, 0.717) is 0 Å². The van der Waals surface area contributed by atoms with Gasteiger partial charge in [0.1, 0.15) is 0 Å². The molecule has 1 saturated carbocycles. The largest absolute Gasteiger partial charge is 0.383 e. The van der Waals surface area contributed by atoms with Crippen LogP contribution in [0.25, 0.3) is 10.8 Å². The average molecular weight is 265 g/mol. The second-order valence-electron chi connectivity index (χ2n) is 5.46. The maximum Gasteiger partial charge on any atom is 0.0998 e. The van der Waals surface area contributed by atoms with Gasteiger partial charge in [-0.1, -0.05) is 24.3 Å². The van der Waals surface area contributed by atoms with Crippen LogP contribution in [0.1, 0.15) is 18.4 Å². The van der Waals surface area contributed by atoms with Crippen LogP contribution in [0.15, 0.2) is 36.4 Å². The number of nitrogens with one attached hydrogen (secondary N) is 1. The molecule has 0 amide bonds. The van der Waals surface area contributed by atoms with Crippen molar-refractivity contribution in [3.63, 3.8) is 0 Å². The summed E-state index contributed by atoms with van der Waals surface area (Å²) in [5.41, 5.74) is 1.85. The normalized spacial score (nSPS) is 14.4. The lowest BCUT2D eigenvalue weighted by Crippen LogP contribution is -2.27. The first kappa shape index (κ1) is 13.0. The Kier molecular flexibility index (Phi) is 3.58. The van der Waals surface area contributed by atoms with Gasteiger partial charge in [0.15, 0.2) is 0 Å². The first-order chi connectivity index (χ1) is 9.79. The highest BCUT2D eigenvalue weighted by Gasteiger charge is 2.25. The van der Waals surface area contributed by atoms with Gasteiger partial charge in [-0.2, -0.15) is 5.26 Å². The van der Waals surface area contributed by atoms with Gasteiger partial charge in [-0.3, -0.25) is 0 Å². The summed E-state index contributed by atoms with van der Waals surface area (Å²) in [5.74, 6) is 0. The summed E-state index contributed by atoms with van der Waals surface area (Å²) in [5, 5.41) is 14.8. The molecule has 0 radical (unpaired) electrons. The Hall–Kier alpha value is -2.05. The summed E-state index contributed by atoms with van der Waals surface area (Å²) in [6.07, 6.45) is 2.69. The number of hydrogen-bond donors (Lipinski definition) is 1. The lowest BCUT2D eigenvalue weighted by Gasteiger charge is -2.17. The van der Waals surface area contributed by atoms with Gasteiger partial charge < -0.3 is 10.2 Å². The third-order valence-electron chi connectivity index (χ3n) is 3.99. The van der Waals surface area contributed by atoms with Crippen molar-refractivity contribution in [3.8, 4) is 6.07 Å². The van der Waals surface area contributed by atoms with E-state index in [4.69, 9.17) is 5.26 Å². The van der Waals surface area contributed by atoms with Crippen molar-refractivity contribution in [2.45, 2.75) is 18.9 Å². The predicted molar refractivity (Wildman–Crippen MR) is 82.8 cm³/mol. The number of fused-ring (bicyclic) bond motifs is 1. The van der Waals surface area contributed by atoms with E-state index < -0.39 is 0 Å². The van der Waals surface area contributed by atoms with E-state index in [9.17, 15) is 0 Å². The number of rotatable bonds is 5. The average Bonchev–Trinajstić information content (AvgIpc) is 3.32. The van der Waals surface area contributed by atoms with Crippen molar-refractivity contribution in [1.82, 2.24) is 4.90 Å².